The average Bonchev–Trinajstić information content (AvgIpc) is 3.51. The molecule has 0 atom stereocenters. The number of hydrogen-bond donors (Lipinski definition) is 2. The third kappa shape index (κ3) is 3.35. The van der Waals surface area contributed by atoms with E-state index in [0.717, 1.165) is 24.0 Å². The fourth-order valence-corrected chi connectivity index (χ4v) is 3.35. The quantitative estimate of drug-likeness (QED) is 0.712. The minimum Gasteiger partial charge on any atom is -0.505 e. The summed E-state index contributed by atoms with van der Waals surface area (Å²) in [5.41, 5.74) is 1.66. The molecule has 1 aliphatic rings. The van der Waals surface area contributed by atoms with Gasteiger partial charge in [0, 0.05) is 19.8 Å². The molecular weight excluding hydrogens is 361 g/mol. The highest BCUT2D eigenvalue weighted by molar-refractivity contribution is 6.01. The number of rotatable bonds is 5. The number of carbonyl (C=O) groups is 1. The van der Waals surface area contributed by atoms with Crippen molar-refractivity contribution < 1.29 is 14.3 Å². The number of amides is 1. The predicted octanol–water partition coefficient (Wildman–Crippen LogP) is 2.60. The molecule has 4 rings (SSSR count). The van der Waals surface area contributed by atoms with Gasteiger partial charge in [-0.05, 0) is 54.5 Å². The van der Waals surface area contributed by atoms with Crippen LogP contribution in [0.4, 0.5) is 4.39 Å². The van der Waals surface area contributed by atoms with Gasteiger partial charge < -0.3 is 15.0 Å². The van der Waals surface area contributed by atoms with Gasteiger partial charge in [0.05, 0.1) is 5.52 Å². The average molecular weight is 381 g/mol. The molecule has 2 aromatic heterocycles. The lowest BCUT2D eigenvalue weighted by Crippen LogP contribution is -2.32. The van der Waals surface area contributed by atoms with E-state index in [1.54, 1.807) is 22.9 Å². The molecule has 2 heterocycles. The van der Waals surface area contributed by atoms with Crippen molar-refractivity contribution in [1.82, 2.24) is 14.9 Å². The number of aromatic nitrogens is 2. The summed E-state index contributed by atoms with van der Waals surface area (Å²) >= 11 is 0. The van der Waals surface area contributed by atoms with Crippen LogP contribution in [0.3, 0.4) is 0 Å². The molecule has 0 radical (unpaired) electrons. The highest BCUT2D eigenvalue weighted by Crippen LogP contribution is 2.33. The number of hydrogen-bond acceptors (Lipinski definition) is 4. The fraction of sp³-hybridized carbons (Fsp3) is 0.286. The second-order valence-electron chi connectivity index (χ2n) is 7.18. The number of aromatic hydroxyl groups is 1. The molecule has 28 heavy (non-hydrogen) atoms. The second-order valence-corrected chi connectivity index (χ2v) is 7.18. The number of carbonyl (C=O) groups excluding carboxylic acids is 1. The summed E-state index contributed by atoms with van der Waals surface area (Å²) in [5, 5.41) is 12.9. The first-order valence-electron chi connectivity index (χ1n) is 9.19. The number of nitrogens with one attached hydrogen (secondary N) is 1. The van der Waals surface area contributed by atoms with Gasteiger partial charge in [0.1, 0.15) is 16.9 Å². The zero-order valence-corrected chi connectivity index (χ0v) is 15.4. The van der Waals surface area contributed by atoms with Crippen molar-refractivity contribution in [1.29, 1.82) is 0 Å². The standard InChI is InChI=1S/C21H20FN3O3/c1-23-20(27)17-19(26)18-16(25(21(17)28)11-13-2-3-13)9-14(10-24-18)8-12-4-6-15(22)7-5-12/h4-7,9-10,13,26H,2-3,8,11H2,1H3,(H,23,27). The molecule has 0 aliphatic heterocycles. The van der Waals surface area contributed by atoms with Crippen LogP contribution in [0.15, 0.2) is 41.3 Å². The SMILES string of the molecule is CNC(=O)c1c(O)c2ncc(Cc3ccc(F)cc3)cc2n(CC2CC2)c1=O. The van der Waals surface area contributed by atoms with E-state index < -0.39 is 17.2 Å². The maximum absolute atomic E-state index is 13.1. The van der Waals surface area contributed by atoms with E-state index in [0.29, 0.717) is 24.4 Å². The fourth-order valence-electron chi connectivity index (χ4n) is 3.35. The molecule has 0 bridgehead atoms. The van der Waals surface area contributed by atoms with Crippen LogP contribution in [0.2, 0.25) is 0 Å². The molecule has 0 saturated heterocycles. The Balaban J connectivity index is 1.85. The Hall–Kier alpha value is -3.22. The molecule has 3 aromatic rings. The van der Waals surface area contributed by atoms with Gasteiger partial charge in [0.15, 0.2) is 5.75 Å². The number of benzene rings is 1. The van der Waals surface area contributed by atoms with E-state index in [9.17, 15) is 19.1 Å². The highest BCUT2D eigenvalue weighted by atomic mass is 19.1. The summed E-state index contributed by atoms with van der Waals surface area (Å²) in [7, 11) is 1.41. The monoisotopic (exact) mass is 381 g/mol. The van der Waals surface area contributed by atoms with Gasteiger partial charge in [0.2, 0.25) is 0 Å². The van der Waals surface area contributed by atoms with Crippen LogP contribution < -0.4 is 10.9 Å². The Kier molecular flexibility index (Phi) is 4.58. The molecule has 0 spiro atoms. The van der Waals surface area contributed by atoms with Crippen molar-refractivity contribution in [3.05, 3.63) is 69.4 Å². The lowest BCUT2D eigenvalue weighted by molar-refractivity contribution is 0.0958. The maximum atomic E-state index is 13.1. The van der Waals surface area contributed by atoms with Gasteiger partial charge >= 0.3 is 0 Å². The first-order chi connectivity index (χ1) is 13.5. The molecule has 1 aromatic carbocycles. The van der Waals surface area contributed by atoms with Crippen LogP contribution in [0.5, 0.6) is 5.75 Å². The molecule has 0 unspecified atom stereocenters. The summed E-state index contributed by atoms with van der Waals surface area (Å²) in [6, 6.07) is 8.00. The topological polar surface area (TPSA) is 84.2 Å². The van der Waals surface area contributed by atoms with Gasteiger partial charge in [-0.25, -0.2) is 4.39 Å². The van der Waals surface area contributed by atoms with Crippen LogP contribution in [0.25, 0.3) is 11.0 Å². The first-order valence-corrected chi connectivity index (χ1v) is 9.19. The molecule has 1 aliphatic carbocycles. The van der Waals surface area contributed by atoms with Crippen molar-refractivity contribution in [2.75, 3.05) is 7.05 Å². The molecule has 2 N–H and O–H groups in total. The summed E-state index contributed by atoms with van der Waals surface area (Å²) in [6.07, 6.45) is 4.18. The van der Waals surface area contributed by atoms with E-state index in [-0.39, 0.29) is 16.9 Å². The molecule has 6 nitrogen and oxygen atoms in total. The Labute approximate surface area is 160 Å². The maximum Gasteiger partial charge on any atom is 0.267 e. The first kappa shape index (κ1) is 18.2. The van der Waals surface area contributed by atoms with Gasteiger partial charge in [-0.15, -0.1) is 0 Å². The van der Waals surface area contributed by atoms with Crippen LogP contribution in [-0.2, 0) is 13.0 Å². The summed E-state index contributed by atoms with van der Waals surface area (Å²) < 4.78 is 14.7. The number of nitrogens with zero attached hydrogens (tertiary/aromatic N) is 2. The summed E-state index contributed by atoms with van der Waals surface area (Å²) in [5.74, 6) is -0.945. The Morgan fingerprint density at radius 1 is 1.29 bits per heavy atom. The number of pyridine rings is 2. The van der Waals surface area contributed by atoms with E-state index in [2.05, 4.69) is 10.3 Å². The Bertz CT molecular complexity index is 1120. The third-order valence-corrected chi connectivity index (χ3v) is 5.05. The van der Waals surface area contributed by atoms with E-state index >= 15 is 0 Å². The van der Waals surface area contributed by atoms with Crippen molar-refractivity contribution in [2.24, 2.45) is 5.92 Å². The van der Waals surface area contributed by atoms with Crippen molar-refractivity contribution in [2.45, 2.75) is 25.8 Å². The van der Waals surface area contributed by atoms with Gasteiger partial charge in [0.25, 0.3) is 11.5 Å². The molecule has 1 fully saturated rings. The van der Waals surface area contributed by atoms with Crippen molar-refractivity contribution in [3.63, 3.8) is 0 Å². The van der Waals surface area contributed by atoms with Gasteiger partial charge in [-0.1, -0.05) is 12.1 Å². The summed E-state index contributed by atoms with van der Waals surface area (Å²) in [6.45, 7) is 0.487. The number of halogens is 1. The Morgan fingerprint density at radius 3 is 2.64 bits per heavy atom. The van der Waals surface area contributed by atoms with Crippen LogP contribution in [0, 0.1) is 11.7 Å². The second kappa shape index (κ2) is 7.07. The lowest BCUT2D eigenvalue weighted by atomic mass is 10.1. The molecule has 1 saturated carbocycles. The van der Waals surface area contributed by atoms with Crippen LogP contribution >= 0.6 is 0 Å². The predicted molar refractivity (Wildman–Crippen MR) is 103 cm³/mol. The van der Waals surface area contributed by atoms with Crippen molar-refractivity contribution >= 4 is 16.9 Å². The third-order valence-electron chi connectivity index (χ3n) is 5.05. The molecule has 7 heteroatoms. The van der Waals surface area contributed by atoms with Crippen LogP contribution in [-0.4, -0.2) is 27.6 Å². The summed E-state index contributed by atoms with van der Waals surface area (Å²) in [4.78, 5) is 29.4. The van der Waals surface area contributed by atoms with E-state index in [1.165, 1.54) is 19.2 Å². The van der Waals surface area contributed by atoms with E-state index in [1.807, 2.05) is 6.07 Å². The zero-order valence-electron chi connectivity index (χ0n) is 15.4. The lowest BCUT2D eigenvalue weighted by Gasteiger charge is -2.14. The highest BCUT2D eigenvalue weighted by Gasteiger charge is 2.27. The van der Waals surface area contributed by atoms with Gasteiger partial charge in [-0.3, -0.25) is 14.6 Å². The minimum atomic E-state index is -0.633. The van der Waals surface area contributed by atoms with Gasteiger partial charge in [-0.2, -0.15) is 0 Å². The Morgan fingerprint density at radius 2 is 2.00 bits per heavy atom. The zero-order chi connectivity index (χ0) is 19.8. The normalized spacial score (nSPS) is 13.6. The van der Waals surface area contributed by atoms with Crippen molar-refractivity contribution in [3.8, 4) is 5.75 Å². The largest absolute Gasteiger partial charge is 0.505 e. The number of fused-ring (bicyclic) bond motifs is 1. The van der Waals surface area contributed by atoms with E-state index in [4.69, 9.17) is 0 Å². The van der Waals surface area contributed by atoms with Crippen LogP contribution in [0.1, 0.15) is 34.3 Å². The molecular formula is C21H20FN3O3. The smallest absolute Gasteiger partial charge is 0.267 e. The molecule has 1 amide bonds. The molecule has 144 valence electrons. The minimum absolute atomic E-state index is 0.224.